The van der Waals surface area contributed by atoms with Crippen LogP contribution in [-0.4, -0.2) is 23.7 Å². The Bertz CT molecular complexity index is 85.4. The van der Waals surface area contributed by atoms with Gasteiger partial charge in [-0.3, -0.25) is 0 Å². The minimum absolute atomic E-state index is 0.251. The maximum absolute atomic E-state index is 10.3. The molecule has 0 aromatic rings. The quantitative estimate of drug-likeness (QED) is 0.441. The van der Waals surface area contributed by atoms with Crippen LogP contribution in [0, 0.1) is 0 Å². The molecule has 0 N–H and O–H groups in total. The molecule has 0 spiro atoms. The van der Waals surface area contributed by atoms with Crippen LogP contribution in [0.1, 0.15) is 0 Å². The second kappa shape index (κ2) is 4.81. The van der Waals surface area contributed by atoms with Crippen LogP contribution in [0.4, 0.5) is 4.79 Å². The van der Waals surface area contributed by atoms with Gasteiger partial charge in [-0.1, -0.05) is 0 Å². The monoisotopic (exact) mass is 260 g/mol. The zero-order valence-corrected chi connectivity index (χ0v) is 9.76. The summed E-state index contributed by atoms with van der Waals surface area (Å²) in [6, 6.07) is 0. The van der Waals surface area contributed by atoms with E-state index in [1.807, 2.05) is 0 Å². The second-order valence-electron chi connectivity index (χ2n) is 1.51. The molecule has 0 aromatic heterocycles. The van der Waals surface area contributed by atoms with Gasteiger partial charge < -0.3 is 0 Å². The summed E-state index contributed by atoms with van der Waals surface area (Å²) in [6.07, 6.45) is 0. The molecule has 0 saturated carbocycles. The summed E-state index contributed by atoms with van der Waals surface area (Å²) < 4.78 is 4.13. The van der Waals surface area contributed by atoms with Gasteiger partial charge in [-0.25, -0.2) is 0 Å². The van der Waals surface area contributed by atoms with Crippen LogP contribution in [0.5, 0.6) is 0 Å². The molecule has 0 aliphatic carbocycles. The fraction of sp³-hybridized carbons (Fsp3) is 0.667. The van der Waals surface area contributed by atoms with Gasteiger partial charge in [0.25, 0.3) is 0 Å². The molecule has 5 heteroatoms. The van der Waals surface area contributed by atoms with Gasteiger partial charge in [-0.2, -0.15) is 0 Å². The fourth-order valence-electron chi connectivity index (χ4n) is 0.214. The van der Waals surface area contributed by atoms with Crippen molar-refractivity contribution in [1.29, 1.82) is 0 Å². The van der Waals surface area contributed by atoms with Gasteiger partial charge in [0.15, 0.2) is 0 Å². The molecule has 0 radical (unpaired) electrons. The molecular formula is C3H8O2S2Sn. The van der Waals surface area contributed by atoms with Crippen LogP contribution in [-0.2, 0) is 4.18 Å². The number of hydrogen-bond acceptors (Lipinski definition) is 4. The predicted octanol–water partition coefficient (Wildman–Crippen LogP) is 1.68. The third kappa shape index (κ3) is 5.11. The molecule has 2 nitrogen and oxygen atoms in total. The van der Waals surface area contributed by atoms with Gasteiger partial charge in [0, 0.05) is 0 Å². The summed E-state index contributed by atoms with van der Waals surface area (Å²) in [5.41, 5.74) is 0. The maximum atomic E-state index is 10.3. The van der Waals surface area contributed by atoms with Gasteiger partial charge in [0.2, 0.25) is 0 Å². The summed E-state index contributed by atoms with van der Waals surface area (Å²) in [5, 5.41) is -0.251. The molecule has 8 heavy (non-hydrogen) atoms. The molecule has 0 aliphatic heterocycles. The van der Waals surface area contributed by atoms with Crippen molar-refractivity contribution in [3.63, 3.8) is 0 Å². The van der Waals surface area contributed by atoms with Crippen molar-refractivity contribution < 1.29 is 8.98 Å². The van der Waals surface area contributed by atoms with E-state index in [1.165, 1.54) is 8.95 Å². The molecule has 0 bridgehead atoms. The number of rotatable bonds is 1. The van der Waals surface area contributed by atoms with E-state index in [4.69, 9.17) is 0 Å². The molecule has 0 aliphatic rings. The summed E-state index contributed by atoms with van der Waals surface area (Å²) in [5.74, 6) is 0. The molecule has 0 unspecified atom stereocenters. The van der Waals surface area contributed by atoms with Crippen LogP contribution < -0.4 is 0 Å². The zero-order chi connectivity index (χ0) is 6.57. The Morgan fingerprint density at radius 1 is 1.75 bits per heavy atom. The van der Waals surface area contributed by atoms with Crippen molar-refractivity contribution in [2.24, 2.45) is 0 Å². The van der Waals surface area contributed by atoms with Crippen LogP contribution in [0.15, 0.2) is 0 Å². The fourth-order valence-corrected chi connectivity index (χ4v) is 5.17. The van der Waals surface area contributed by atoms with Gasteiger partial charge in [-0.05, 0) is 0 Å². The van der Waals surface area contributed by atoms with Crippen LogP contribution in [0.25, 0.3) is 0 Å². The zero-order valence-electron chi connectivity index (χ0n) is 4.75. The molecule has 0 fully saturated rings. The third-order valence-corrected chi connectivity index (χ3v) is 7.13. The number of carbonyl (C=O) groups is 1. The average molecular weight is 259 g/mol. The summed E-state index contributed by atoms with van der Waals surface area (Å²) in [4.78, 5) is 14.6. The number of carbonyl (C=O) groups excluding carboxylic acids is 1. The first-order valence-corrected chi connectivity index (χ1v) is 14.1. The van der Waals surface area contributed by atoms with E-state index in [2.05, 4.69) is 27.0 Å². The Labute approximate surface area is 64.2 Å². The first-order valence-electron chi connectivity index (χ1n) is 2.19. The van der Waals surface area contributed by atoms with Crippen molar-refractivity contribution >= 4 is 45.5 Å². The molecule has 0 atom stereocenters. The molecule has 0 amide bonds. The standard InChI is InChI=1S/CH2O2S2.2CH3.Sn.H/c2-1(4)3-5;;;;/h5H,(H,2,4);2*1H3;;/q;;;+1;/p-1. The normalized spacial score (nSPS) is 9.50. The first kappa shape index (κ1) is 8.97. The summed E-state index contributed by atoms with van der Waals surface area (Å²) in [6.45, 7) is 0. The van der Waals surface area contributed by atoms with Crippen LogP contribution in [0.2, 0.25) is 9.88 Å². The van der Waals surface area contributed by atoms with Gasteiger partial charge in [0.1, 0.15) is 0 Å². The molecule has 0 heterocycles. The molecule has 0 aromatic carbocycles. The minimum atomic E-state index is -1.43. The van der Waals surface area contributed by atoms with E-state index in [0.717, 1.165) is 0 Å². The van der Waals surface area contributed by atoms with Crippen molar-refractivity contribution in [1.82, 2.24) is 0 Å². The number of hydrogen-bond donors (Lipinski definition) is 1. The SMILES string of the molecule is [CH3][SnH]([CH3])[S]C(=O)OS. The summed E-state index contributed by atoms with van der Waals surface area (Å²) in [7, 11) is 1.33. The Kier molecular flexibility index (Phi) is 5.39. The molecule has 48 valence electrons. The number of thiol groups is 1. The van der Waals surface area contributed by atoms with Crippen molar-refractivity contribution in [3.05, 3.63) is 0 Å². The van der Waals surface area contributed by atoms with Gasteiger partial charge in [0.05, 0.1) is 0 Å². The van der Waals surface area contributed by atoms with Crippen molar-refractivity contribution in [3.8, 4) is 0 Å². The van der Waals surface area contributed by atoms with E-state index in [-0.39, 0.29) is 5.30 Å². The third-order valence-electron chi connectivity index (χ3n) is 0.406. The van der Waals surface area contributed by atoms with E-state index < -0.39 is 18.4 Å². The van der Waals surface area contributed by atoms with Crippen LogP contribution in [0.3, 0.4) is 0 Å². The van der Waals surface area contributed by atoms with Crippen LogP contribution >= 0.6 is 21.9 Å². The van der Waals surface area contributed by atoms with Gasteiger partial charge >= 0.3 is 64.4 Å². The van der Waals surface area contributed by atoms with E-state index >= 15 is 0 Å². The Hall–Kier alpha value is 0.969. The predicted molar refractivity (Wildman–Crippen MR) is 41.9 cm³/mol. The van der Waals surface area contributed by atoms with E-state index in [1.54, 1.807) is 0 Å². The molecular weight excluding hydrogens is 251 g/mol. The van der Waals surface area contributed by atoms with E-state index in [0.29, 0.717) is 0 Å². The van der Waals surface area contributed by atoms with Gasteiger partial charge in [-0.15, -0.1) is 0 Å². The molecule has 0 rings (SSSR count). The Morgan fingerprint density at radius 2 is 2.25 bits per heavy atom. The Balaban J connectivity index is 3.25. The molecule has 0 saturated heterocycles. The van der Waals surface area contributed by atoms with Crippen molar-refractivity contribution in [2.75, 3.05) is 0 Å². The first-order chi connectivity index (χ1) is 3.66. The van der Waals surface area contributed by atoms with Crippen molar-refractivity contribution in [2.45, 2.75) is 9.88 Å². The Morgan fingerprint density at radius 3 is 2.38 bits per heavy atom. The topological polar surface area (TPSA) is 26.3 Å². The summed E-state index contributed by atoms with van der Waals surface area (Å²) >= 11 is 1.92. The average Bonchev–Trinajstić information content (AvgIpc) is 1.65. The van der Waals surface area contributed by atoms with E-state index in [9.17, 15) is 4.79 Å². The second-order valence-corrected chi connectivity index (χ2v) is 16.6.